The molecular formula is C16H13Cl2NOS. The summed E-state index contributed by atoms with van der Waals surface area (Å²) < 4.78 is 0. The number of hydrogen-bond donors (Lipinski definition) is 1. The van der Waals surface area contributed by atoms with Gasteiger partial charge in [0.2, 0.25) is 0 Å². The van der Waals surface area contributed by atoms with E-state index in [1.807, 2.05) is 23.9 Å². The zero-order valence-electron chi connectivity index (χ0n) is 11.1. The van der Waals surface area contributed by atoms with Gasteiger partial charge in [0.1, 0.15) is 0 Å². The van der Waals surface area contributed by atoms with Crippen LogP contribution < -0.4 is 5.32 Å². The van der Waals surface area contributed by atoms with Gasteiger partial charge in [0.05, 0.1) is 16.1 Å². The van der Waals surface area contributed by atoms with Gasteiger partial charge < -0.3 is 5.32 Å². The molecule has 1 amide bonds. The summed E-state index contributed by atoms with van der Waals surface area (Å²) in [6.45, 7) is 0. The van der Waals surface area contributed by atoms with Crippen molar-refractivity contribution in [2.45, 2.75) is 17.4 Å². The van der Waals surface area contributed by atoms with E-state index in [1.54, 1.807) is 18.2 Å². The molecule has 1 aliphatic rings. The van der Waals surface area contributed by atoms with Gasteiger partial charge in [0, 0.05) is 16.2 Å². The molecule has 0 saturated carbocycles. The molecule has 0 aliphatic carbocycles. The standard InChI is InChI=1S/C16H13Cl2NOS/c17-12-6-5-10(9-13(12)18)16(20)19-14-7-8-21-15-4-2-1-3-11(14)15/h1-6,9,14H,7-8H2,(H,19,20)/t14-/m0/s1. The summed E-state index contributed by atoms with van der Waals surface area (Å²) in [6.07, 6.45) is 0.925. The first-order valence-corrected chi connectivity index (χ1v) is 8.37. The van der Waals surface area contributed by atoms with E-state index in [9.17, 15) is 4.79 Å². The highest BCUT2D eigenvalue weighted by Gasteiger charge is 2.22. The molecule has 0 aromatic heterocycles. The van der Waals surface area contributed by atoms with Gasteiger partial charge >= 0.3 is 0 Å². The molecule has 1 atom stereocenters. The Balaban J connectivity index is 1.81. The second kappa shape index (κ2) is 6.30. The molecule has 2 nitrogen and oxygen atoms in total. The lowest BCUT2D eigenvalue weighted by Crippen LogP contribution is -2.30. The maximum atomic E-state index is 12.4. The predicted molar refractivity (Wildman–Crippen MR) is 88.5 cm³/mol. The Labute approximate surface area is 137 Å². The minimum Gasteiger partial charge on any atom is -0.345 e. The molecule has 3 rings (SSSR count). The van der Waals surface area contributed by atoms with Crippen molar-refractivity contribution in [3.63, 3.8) is 0 Å². The normalized spacial score (nSPS) is 17.1. The molecule has 1 heterocycles. The lowest BCUT2D eigenvalue weighted by Gasteiger charge is -2.25. The van der Waals surface area contributed by atoms with Gasteiger partial charge in [-0.25, -0.2) is 0 Å². The van der Waals surface area contributed by atoms with Crippen molar-refractivity contribution < 1.29 is 4.79 Å². The first-order chi connectivity index (χ1) is 10.1. The number of carbonyl (C=O) groups is 1. The number of carbonyl (C=O) groups excluding carboxylic acids is 1. The molecule has 0 unspecified atom stereocenters. The van der Waals surface area contributed by atoms with E-state index in [4.69, 9.17) is 23.2 Å². The summed E-state index contributed by atoms with van der Waals surface area (Å²) in [6, 6.07) is 13.2. The van der Waals surface area contributed by atoms with Crippen LogP contribution in [0.3, 0.4) is 0 Å². The highest BCUT2D eigenvalue weighted by atomic mass is 35.5. The Kier molecular flexibility index (Phi) is 4.43. The summed E-state index contributed by atoms with van der Waals surface area (Å²) in [7, 11) is 0. The number of rotatable bonds is 2. The largest absolute Gasteiger partial charge is 0.345 e. The van der Waals surface area contributed by atoms with Crippen molar-refractivity contribution in [3.05, 3.63) is 63.6 Å². The number of halogens is 2. The second-order valence-electron chi connectivity index (χ2n) is 4.83. The lowest BCUT2D eigenvalue weighted by atomic mass is 10.0. The monoisotopic (exact) mass is 337 g/mol. The maximum absolute atomic E-state index is 12.4. The average molecular weight is 338 g/mol. The van der Waals surface area contributed by atoms with Crippen LogP contribution in [0.4, 0.5) is 0 Å². The van der Waals surface area contributed by atoms with Crippen LogP contribution >= 0.6 is 35.0 Å². The fraction of sp³-hybridized carbons (Fsp3) is 0.188. The lowest BCUT2D eigenvalue weighted by molar-refractivity contribution is 0.0935. The van der Waals surface area contributed by atoms with Gasteiger partial charge in [0.15, 0.2) is 0 Å². The van der Waals surface area contributed by atoms with Crippen molar-refractivity contribution in [2.24, 2.45) is 0 Å². The van der Waals surface area contributed by atoms with Gasteiger partial charge in [-0.3, -0.25) is 4.79 Å². The number of amides is 1. The molecule has 5 heteroatoms. The zero-order valence-corrected chi connectivity index (χ0v) is 13.4. The van der Waals surface area contributed by atoms with Crippen LogP contribution in [-0.4, -0.2) is 11.7 Å². The second-order valence-corrected chi connectivity index (χ2v) is 6.78. The molecule has 0 saturated heterocycles. The van der Waals surface area contributed by atoms with E-state index in [1.165, 1.54) is 10.5 Å². The van der Waals surface area contributed by atoms with Gasteiger partial charge in [-0.2, -0.15) is 0 Å². The molecule has 108 valence electrons. The number of fused-ring (bicyclic) bond motifs is 1. The van der Waals surface area contributed by atoms with E-state index in [0.29, 0.717) is 15.6 Å². The summed E-state index contributed by atoms with van der Waals surface area (Å²) in [5.41, 5.74) is 1.71. The Hall–Kier alpha value is -1.16. The third-order valence-electron chi connectivity index (χ3n) is 3.45. The third-order valence-corrected chi connectivity index (χ3v) is 5.31. The van der Waals surface area contributed by atoms with Gasteiger partial charge in [-0.05, 0) is 36.2 Å². The predicted octanol–water partition coefficient (Wildman–Crippen LogP) is 4.96. The molecule has 0 fully saturated rings. The van der Waals surface area contributed by atoms with Gasteiger partial charge in [-0.1, -0.05) is 41.4 Å². The average Bonchev–Trinajstić information content (AvgIpc) is 2.50. The van der Waals surface area contributed by atoms with E-state index in [2.05, 4.69) is 17.4 Å². The molecule has 21 heavy (non-hydrogen) atoms. The Bertz CT molecular complexity index is 690. The van der Waals surface area contributed by atoms with Crippen LogP contribution in [0.1, 0.15) is 28.4 Å². The summed E-state index contributed by atoms with van der Waals surface area (Å²) >= 11 is 13.7. The highest BCUT2D eigenvalue weighted by molar-refractivity contribution is 7.99. The molecule has 0 radical (unpaired) electrons. The van der Waals surface area contributed by atoms with Gasteiger partial charge in [-0.15, -0.1) is 11.8 Å². The summed E-state index contributed by atoms with van der Waals surface area (Å²) in [5.74, 6) is 0.879. The summed E-state index contributed by atoms with van der Waals surface area (Å²) in [4.78, 5) is 13.6. The van der Waals surface area contributed by atoms with Gasteiger partial charge in [0.25, 0.3) is 5.91 Å². The fourth-order valence-electron chi connectivity index (χ4n) is 2.37. The van der Waals surface area contributed by atoms with Crippen molar-refractivity contribution in [1.29, 1.82) is 0 Å². The maximum Gasteiger partial charge on any atom is 0.251 e. The smallest absolute Gasteiger partial charge is 0.251 e. The number of hydrogen-bond acceptors (Lipinski definition) is 2. The molecule has 0 bridgehead atoms. The first kappa shape index (κ1) is 14.8. The third kappa shape index (κ3) is 3.20. The molecule has 2 aromatic rings. The SMILES string of the molecule is O=C(N[C@H]1CCSc2ccccc21)c1ccc(Cl)c(Cl)c1. The van der Waals surface area contributed by atoms with E-state index < -0.39 is 0 Å². The highest BCUT2D eigenvalue weighted by Crippen LogP contribution is 2.36. The van der Waals surface area contributed by atoms with Crippen LogP contribution in [-0.2, 0) is 0 Å². The van der Waals surface area contributed by atoms with E-state index in [-0.39, 0.29) is 11.9 Å². The number of benzene rings is 2. The van der Waals surface area contributed by atoms with Crippen molar-refractivity contribution in [2.75, 3.05) is 5.75 Å². The number of thioether (sulfide) groups is 1. The zero-order chi connectivity index (χ0) is 14.8. The minimum atomic E-state index is -0.125. The van der Waals surface area contributed by atoms with E-state index >= 15 is 0 Å². The molecule has 0 spiro atoms. The van der Waals surface area contributed by atoms with Crippen LogP contribution in [0.25, 0.3) is 0 Å². The van der Waals surface area contributed by atoms with Crippen LogP contribution in [0.15, 0.2) is 47.4 Å². The topological polar surface area (TPSA) is 29.1 Å². The Morgan fingerprint density at radius 2 is 1.95 bits per heavy atom. The molecule has 1 aliphatic heterocycles. The van der Waals surface area contributed by atoms with Crippen molar-refractivity contribution >= 4 is 40.9 Å². The van der Waals surface area contributed by atoms with Crippen molar-refractivity contribution in [3.8, 4) is 0 Å². The van der Waals surface area contributed by atoms with E-state index in [0.717, 1.165) is 12.2 Å². The number of nitrogens with one attached hydrogen (secondary N) is 1. The van der Waals surface area contributed by atoms with Crippen LogP contribution in [0, 0.1) is 0 Å². The Morgan fingerprint density at radius 3 is 2.76 bits per heavy atom. The molecular weight excluding hydrogens is 325 g/mol. The molecule has 1 N–H and O–H groups in total. The van der Waals surface area contributed by atoms with Crippen LogP contribution in [0.2, 0.25) is 10.0 Å². The van der Waals surface area contributed by atoms with Crippen LogP contribution in [0.5, 0.6) is 0 Å². The molecule has 2 aromatic carbocycles. The summed E-state index contributed by atoms with van der Waals surface area (Å²) in [5, 5.41) is 3.93. The van der Waals surface area contributed by atoms with Crippen molar-refractivity contribution in [1.82, 2.24) is 5.32 Å². The minimum absolute atomic E-state index is 0.0457. The Morgan fingerprint density at radius 1 is 1.14 bits per heavy atom. The first-order valence-electron chi connectivity index (χ1n) is 6.63. The quantitative estimate of drug-likeness (QED) is 0.838. The fourth-order valence-corrected chi connectivity index (χ4v) is 3.79.